The predicted molar refractivity (Wildman–Crippen MR) is 116 cm³/mol. The average molecular weight is 472 g/mol. The summed E-state index contributed by atoms with van der Waals surface area (Å²) in [4.78, 5) is 28.5. The highest BCUT2D eigenvalue weighted by Crippen LogP contribution is 2.28. The van der Waals surface area contributed by atoms with Gasteiger partial charge in [-0.25, -0.2) is 4.39 Å². The van der Waals surface area contributed by atoms with Crippen LogP contribution in [0.4, 0.5) is 15.8 Å². The number of aryl methyl sites for hydroxylation is 1. The Morgan fingerprint density at radius 2 is 1.97 bits per heavy atom. The topological polar surface area (TPSA) is 80.3 Å². The number of ether oxygens (including phenoxy) is 1. The maximum atomic E-state index is 13.9. The lowest BCUT2D eigenvalue weighted by Gasteiger charge is -2.13. The monoisotopic (exact) mass is 471 g/mol. The molecule has 6 nitrogen and oxygen atoms in total. The van der Waals surface area contributed by atoms with E-state index in [1.807, 2.05) is 0 Å². The van der Waals surface area contributed by atoms with Crippen LogP contribution in [0.2, 0.25) is 0 Å². The zero-order valence-corrected chi connectivity index (χ0v) is 17.7. The van der Waals surface area contributed by atoms with Gasteiger partial charge in [0.25, 0.3) is 5.91 Å². The highest BCUT2D eigenvalue weighted by atomic mass is 79.9. The molecule has 1 heterocycles. The van der Waals surface area contributed by atoms with Crippen molar-refractivity contribution in [2.45, 2.75) is 12.8 Å². The summed E-state index contributed by atoms with van der Waals surface area (Å²) in [5.41, 5.74) is 1.85. The Labute approximate surface area is 181 Å². The Bertz CT molecular complexity index is 1060. The van der Waals surface area contributed by atoms with Crippen molar-refractivity contribution in [3.63, 3.8) is 0 Å². The molecule has 0 spiro atoms. The van der Waals surface area contributed by atoms with E-state index < -0.39 is 0 Å². The zero-order chi connectivity index (χ0) is 21.5. The minimum atomic E-state index is -0.354. The molecule has 0 atom stereocenters. The van der Waals surface area contributed by atoms with Gasteiger partial charge in [0.05, 0.1) is 18.4 Å². The molecule has 3 rings (SSSR count). The second kappa shape index (κ2) is 9.98. The van der Waals surface area contributed by atoms with E-state index >= 15 is 0 Å². The van der Waals surface area contributed by atoms with Crippen LogP contribution in [-0.2, 0) is 11.2 Å². The van der Waals surface area contributed by atoms with Gasteiger partial charge in [-0.1, -0.05) is 22.0 Å². The average Bonchev–Trinajstić information content (AvgIpc) is 2.74. The number of nitrogens with one attached hydrogen (secondary N) is 2. The summed E-state index contributed by atoms with van der Waals surface area (Å²) in [6.45, 7) is 0. The second-order valence-corrected chi connectivity index (χ2v) is 7.31. The third kappa shape index (κ3) is 5.64. The van der Waals surface area contributed by atoms with E-state index in [4.69, 9.17) is 4.74 Å². The highest BCUT2D eigenvalue weighted by molar-refractivity contribution is 9.10. The van der Waals surface area contributed by atoms with E-state index in [0.29, 0.717) is 32.7 Å². The van der Waals surface area contributed by atoms with Gasteiger partial charge in [0, 0.05) is 35.0 Å². The van der Waals surface area contributed by atoms with Gasteiger partial charge in [-0.3, -0.25) is 14.6 Å². The molecule has 2 amide bonds. The lowest BCUT2D eigenvalue weighted by molar-refractivity contribution is -0.116. The molecule has 0 saturated heterocycles. The minimum Gasteiger partial charge on any atom is -0.494 e. The molecule has 0 aliphatic carbocycles. The molecule has 8 heteroatoms. The van der Waals surface area contributed by atoms with Crippen molar-refractivity contribution >= 4 is 39.1 Å². The van der Waals surface area contributed by atoms with Gasteiger partial charge in [0.1, 0.15) is 11.6 Å². The Balaban J connectivity index is 1.62. The first-order valence-electron chi connectivity index (χ1n) is 9.09. The fraction of sp³-hybridized carbons (Fsp3) is 0.136. The van der Waals surface area contributed by atoms with E-state index in [0.717, 1.165) is 0 Å². The quantitative estimate of drug-likeness (QED) is 0.517. The van der Waals surface area contributed by atoms with Crippen LogP contribution in [0.15, 0.2) is 65.4 Å². The molecule has 3 aromatic rings. The van der Waals surface area contributed by atoms with E-state index in [2.05, 4.69) is 31.5 Å². The van der Waals surface area contributed by atoms with E-state index in [1.54, 1.807) is 48.7 Å². The zero-order valence-electron chi connectivity index (χ0n) is 16.1. The number of hydrogen-bond acceptors (Lipinski definition) is 4. The summed E-state index contributed by atoms with van der Waals surface area (Å²) < 4.78 is 19.9. The Morgan fingerprint density at radius 3 is 2.67 bits per heavy atom. The summed E-state index contributed by atoms with van der Waals surface area (Å²) in [7, 11) is 1.47. The Morgan fingerprint density at radius 1 is 1.13 bits per heavy atom. The van der Waals surface area contributed by atoms with Crippen LogP contribution in [0.5, 0.6) is 5.75 Å². The van der Waals surface area contributed by atoms with Crippen molar-refractivity contribution in [2.75, 3.05) is 17.7 Å². The molecule has 0 fully saturated rings. The minimum absolute atomic E-state index is 0.125. The fourth-order valence-electron chi connectivity index (χ4n) is 2.76. The first kappa shape index (κ1) is 21.4. The third-order valence-electron chi connectivity index (χ3n) is 4.29. The highest BCUT2D eigenvalue weighted by Gasteiger charge is 2.12. The van der Waals surface area contributed by atoms with Gasteiger partial charge >= 0.3 is 0 Å². The van der Waals surface area contributed by atoms with Crippen LogP contribution in [-0.4, -0.2) is 23.9 Å². The number of carbonyl (C=O) groups excluding carboxylic acids is 2. The largest absolute Gasteiger partial charge is 0.494 e. The molecule has 154 valence electrons. The van der Waals surface area contributed by atoms with Crippen LogP contribution in [0.1, 0.15) is 22.3 Å². The Kier molecular flexibility index (Phi) is 7.13. The van der Waals surface area contributed by atoms with Gasteiger partial charge < -0.3 is 15.4 Å². The molecule has 2 aromatic carbocycles. The van der Waals surface area contributed by atoms with E-state index in [9.17, 15) is 14.0 Å². The summed E-state index contributed by atoms with van der Waals surface area (Å²) in [5, 5.41) is 5.51. The number of hydrogen-bond donors (Lipinski definition) is 2. The molecule has 0 bridgehead atoms. The van der Waals surface area contributed by atoms with E-state index in [1.165, 1.54) is 19.4 Å². The molecule has 30 heavy (non-hydrogen) atoms. The SMILES string of the molecule is COc1cc(NC(=O)CCc2ccc(Br)cc2F)ccc1NC(=O)c1cccnc1. The van der Waals surface area contributed by atoms with E-state index in [-0.39, 0.29) is 30.5 Å². The van der Waals surface area contributed by atoms with Gasteiger partial charge in [-0.05, 0) is 48.4 Å². The number of carbonyl (C=O) groups is 2. The predicted octanol–water partition coefficient (Wildman–Crippen LogP) is 4.82. The first-order chi connectivity index (χ1) is 14.5. The summed E-state index contributed by atoms with van der Waals surface area (Å²) in [6.07, 6.45) is 3.45. The molecule has 0 aliphatic rings. The van der Waals surface area contributed by atoms with Crippen molar-refractivity contribution in [3.05, 3.63) is 82.3 Å². The molecular weight excluding hydrogens is 453 g/mol. The van der Waals surface area contributed by atoms with Crippen LogP contribution >= 0.6 is 15.9 Å². The van der Waals surface area contributed by atoms with Crippen molar-refractivity contribution in [1.29, 1.82) is 0 Å². The molecule has 0 radical (unpaired) electrons. The van der Waals surface area contributed by atoms with Crippen molar-refractivity contribution in [1.82, 2.24) is 4.98 Å². The van der Waals surface area contributed by atoms with Crippen LogP contribution in [0, 0.1) is 5.82 Å². The lowest BCUT2D eigenvalue weighted by atomic mass is 10.1. The Hall–Kier alpha value is -3.26. The molecule has 1 aromatic heterocycles. The number of rotatable bonds is 7. The van der Waals surface area contributed by atoms with Gasteiger partial charge in [-0.15, -0.1) is 0 Å². The number of amides is 2. The number of benzene rings is 2. The number of halogens is 2. The summed E-state index contributed by atoms with van der Waals surface area (Å²) in [5.74, 6) is -0.544. The molecule has 2 N–H and O–H groups in total. The van der Waals surface area contributed by atoms with Gasteiger partial charge in [0.15, 0.2) is 0 Å². The number of aromatic nitrogens is 1. The number of anilines is 2. The number of pyridine rings is 1. The molecule has 0 aliphatic heterocycles. The first-order valence-corrected chi connectivity index (χ1v) is 9.89. The van der Waals surface area contributed by atoms with Gasteiger partial charge in [0.2, 0.25) is 5.91 Å². The van der Waals surface area contributed by atoms with Crippen molar-refractivity contribution in [3.8, 4) is 5.75 Å². The summed E-state index contributed by atoms with van der Waals surface area (Å²) in [6, 6.07) is 13.0. The molecular formula is C22H19BrFN3O3. The smallest absolute Gasteiger partial charge is 0.257 e. The third-order valence-corrected chi connectivity index (χ3v) is 4.79. The molecule has 0 saturated carbocycles. The normalized spacial score (nSPS) is 10.4. The lowest BCUT2D eigenvalue weighted by Crippen LogP contribution is -2.14. The molecule has 0 unspecified atom stereocenters. The summed E-state index contributed by atoms with van der Waals surface area (Å²) >= 11 is 3.21. The van der Waals surface area contributed by atoms with Crippen LogP contribution < -0.4 is 15.4 Å². The van der Waals surface area contributed by atoms with Crippen LogP contribution in [0.25, 0.3) is 0 Å². The number of methoxy groups -OCH3 is 1. The van der Waals surface area contributed by atoms with Crippen molar-refractivity contribution in [2.24, 2.45) is 0 Å². The standard InChI is InChI=1S/C22H19BrFN3O3/c1-30-20-12-17(7-8-19(20)27-22(29)15-3-2-10-25-13-15)26-21(28)9-5-14-4-6-16(23)11-18(14)24/h2-4,6-8,10-13H,5,9H2,1H3,(H,26,28)(H,27,29). The fourth-order valence-corrected chi connectivity index (χ4v) is 3.09. The van der Waals surface area contributed by atoms with Gasteiger partial charge in [-0.2, -0.15) is 0 Å². The maximum absolute atomic E-state index is 13.9. The maximum Gasteiger partial charge on any atom is 0.257 e. The van der Waals surface area contributed by atoms with Crippen LogP contribution in [0.3, 0.4) is 0 Å². The van der Waals surface area contributed by atoms with Crippen molar-refractivity contribution < 1.29 is 18.7 Å². The second-order valence-electron chi connectivity index (χ2n) is 6.39. The number of nitrogens with zero attached hydrogens (tertiary/aromatic N) is 1.